The number of ether oxygens (including phenoxy) is 1. The average molecular weight is 347 g/mol. The highest BCUT2D eigenvalue weighted by Gasteiger charge is 2.52. The van der Waals surface area contributed by atoms with E-state index in [2.05, 4.69) is 5.32 Å². The summed E-state index contributed by atoms with van der Waals surface area (Å²) >= 11 is 0. The second-order valence-corrected chi connectivity index (χ2v) is 7.07. The number of carboxylic acid groups (broad SMARTS) is 1. The molecular formula is C18H26BNO5. The van der Waals surface area contributed by atoms with E-state index in [9.17, 15) is 9.90 Å². The third-order valence-corrected chi connectivity index (χ3v) is 4.77. The molecular weight excluding hydrogens is 321 g/mol. The van der Waals surface area contributed by atoms with E-state index in [1.807, 2.05) is 34.7 Å². The number of rotatable bonds is 6. The summed E-state index contributed by atoms with van der Waals surface area (Å²) in [4.78, 5) is 11.7. The van der Waals surface area contributed by atoms with Gasteiger partial charge in [0.05, 0.1) is 18.3 Å². The van der Waals surface area contributed by atoms with Gasteiger partial charge in [-0.2, -0.15) is 0 Å². The lowest BCUT2D eigenvalue weighted by molar-refractivity contribution is 0.00578. The third-order valence-electron chi connectivity index (χ3n) is 4.77. The number of nitrogens with one attached hydrogen (secondary N) is 1. The maximum absolute atomic E-state index is 11.7. The van der Waals surface area contributed by atoms with E-state index in [0.29, 0.717) is 17.9 Å². The van der Waals surface area contributed by atoms with Crippen LogP contribution in [0.1, 0.15) is 43.6 Å². The molecule has 136 valence electrons. The lowest BCUT2D eigenvalue weighted by atomic mass is 9.76. The van der Waals surface area contributed by atoms with Crippen molar-refractivity contribution in [1.82, 2.24) is 5.32 Å². The highest BCUT2D eigenvalue weighted by Crippen LogP contribution is 2.39. The first-order chi connectivity index (χ1) is 11.6. The Kier molecular flexibility index (Phi) is 5.61. The molecule has 0 bridgehead atoms. The Labute approximate surface area is 149 Å². The van der Waals surface area contributed by atoms with Crippen LogP contribution in [0.15, 0.2) is 23.7 Å². The molecule has 0 radical (unpaired) electrons. The molecule has 0 atom stereocenters. The normalized spacial score (nSPS) is 19.1. The van der Waals surface area contributed by atoms with Crippen LogP contribution < -0.4 is 10.1 Å². The molecule has 0 unspecified atom stereocenters. The topological polar surface area (TPSA) is 77.0 Å². The fraction of sp³-hybridized carbons (Fsp3) is 0.500. The van der Waals surface area contributed by atoms with Gasteiger partial charge in [0.25, 0.3) is 0 Å². The number of methoxy groups -OCH3 is 1. The fourth-order valence-electron chi connectivity index (χ4n) is 2.67. The smallest absolute Gasteiger partial charge is 0.491 e. The van der Waals surface area contributed by atoms with Gasteiger partial charge in [-0.3, -0.25) is 0 Å². The van der Waals surface area contributed by atoms with Crippen LogP contribution in [0, 0.1) is 0 Å². The molecule has 0 aliphatic carbocycles. The molecule has 1 aromatic carbocycles. The van der Waals surface area contributed by atoms with Crippen LogP contribution in [-0.2, 0) is 9.31 Å². The van der Waals surface area contributed by atoms with Crippen LogP contribution >= 0.6 is 0 Å². The van der Waals surface area contributed by atoms with Crippen LogP contribution in [0.5, 0.6) is 5.75 Å². The van der Waals surface area contributed by atoms with Crippen LogP contribution in [0.25, 0.3) is 6.08 Å². The van der Waals surface area contributed by atoms with Gasteiger partial charge in [-0.05, 0) is 51.8 Å². The summed E-state index contributed by atoms with van der Waals surface area (Å²) in [5.74, 6) is -0.722. The van der Waals surface area contributed by atoms with E-state index in [0.717, 1.165) is 5.47 Å². The van der Waals surface area contributed by atoms with Crippen molar-refractivity contribution in [2.24, 2.45) is 0 Å². The van der Waals surface area contributed by atoms with Crippen molar-refractivity contribution in [3.63, 3.8) is 0 Å². The van der Waals surface area contributed by atoms with E-state index in [4.69, 9.17) is 14.0 Å². The van der Waals surface area contributed by atoms with Crippen molar-refractivity contribution >= 4 is 19.2 Å². The second kappa shape index (κ2) is 7.19. The zero-order valence-electron chi connectivity index (χ0n) is 15.7. The first-order valence-electron chi connectivity index (χ1n) is 8.24. The number of hydrogen-bond donors (Lipinski definition) is 2. The van der Waals surface area contributed by atoms with Crippen LogP contribution in [0.3, 0.4) is 0 Å². The number of aromatic carboxylic acids is 1. The lowest BCUT2D eigenvalue weighted by Crippen LogP contribution is -2.41. The number of carboxylic acids is 1. The standard InChI is InChI=1S/C18H26BNO5/c1-17(2)18(3,4)25-19(24-17)13(11-20-5)10-12-8-7-9-14(23-6)15(12)16(21)22/h7-10,20H,11H2,1-6H3,(H,21,22). The Bertz CT molecular complexity index is 668. The zero-order chi connectivity index (χ0) is 18.8. The van der Waals surface area contributed by atoms with Crippen molar-refractivity contribution < 1.29 is 23.9 Å². The van der Waals surface area contributed by atoms with E-state index in [1.54, 1.807) is 24.3 Å². The highest BCUT2D eigenvalue weighted by molar-refractivity contribution is 6.56. The predicted octanol–water partition coefficient (Wildman–Crippen LogP) is 2.63. The Morgan fingerprint density at radius 1 is 1.28 bits per heavy atom. The van der Waals surface area contributed by atoms with Gasteiger partial charge in [-0.25, -0.2) is 4.79 Å². The molecule has 25 heavy (non-hydrogen) atoms. The first kappa shape index (κ1) is 19.5. The summed E-state index contributed by atoms with van der Waals surface area (Å²) in [5, 5.41) is 12.7. The van der Waals surface area contributed by atoms with Gasteiger partial charge >= 0.3 is 13.1 Å². The Hall–Kier alpha value is -1.83. The van der Waals surface area contributed by atoms with Gasteiger partial charge in [0.2, 0.25) is 0 Å². The molecule has 1 aliphatic heterocycles. The number of benzene rings is 1. The van der Waals surface area contributed by atoms with Gasteiger partial charge in [0, 0.05) is 6.54 Å². The Morgan fingerprint density at radius 2 is 1.88 bits per heavy atom. The molecule has 6 nitrogen and oxygen atoms in total. The SMILES string of the molecule is CNCC(=Cc1cccc(OC)c1C(=O)O)B1OC(C)(C)C(C)(C)O1. The van der Waals surface area contributed by atoms with E-state index in [1.165, 1.54) is 7.11 Å². The summed E-state index contributed by atoms with van der Waals surface area (Å²) in [5.41, 5.74) is 0.557. The minimum Gasteiger partial charge on any atom is -0.496 e. The van der Waals surface area contributed by atoms with E-state index in [-0.39, 0.29) is 5.56 Å². The molecule has 0 saturated carbocycles. The summed E-state index contributed by atoms with van der Waals surface area (Å²) in [7, 11) is 2.73. The minimum atomic E-state index is -1.04. The van der Waals surface area contributed by atoms with Crippen molar-refractivity contribution in [1.29, 1.82) is 0 Å². The van der Waals surface area contributed by atoms with Gasteiger partial charge < -0.3 is 24.5 Å². The largest absolute Gasteiger partial charge is 0.496 e. The van der Waals surface area contributed by atoms with Crippen molar-refractivity contribution in [3.05, 3.63) is 34.8 Å². The van der Waals surface area contributed by atoms with Crippen LogP contribution in [0.4, 0.5) is 0 Å². The van der Waals surface area contributed by atoms with E-state index < -0.39 is 24.3 Å². The summed E-state index contributed by atoms with van der Waals surface area (Å²) in [6.07, 6.45) is 1.80. The monoisotopic (exact) mass is 347 g/mol. The average Bonchev–Trinajstić information content (AvgIpc) is 2.74. The van der Waals surface area contributed by atoms with Crippen LogP contribution in [0.2, 0.25) is 0 Å². The van der Waals surface area contributed by atoms with Gasteiger partial charge in [0.15, 0.2) is 0 Å². The predicted molar refractivity (Wildman–Crippen MR) is 97.9 cm³/mol. The molecule has 1 heterocycles. The lowest BCUT2D eigenvalue weighted by Gasteiger charge is -2.32. The van der Waals surface area contributed by atoms with E-state index >= 15 is 0 Å². The zero-order valence-corrected chi connectivity index (χ0v) is 15.7. The number of hydrogen-bond acceptors (Lipinski definition) is 5. The van der Waals surface area contributed by atoms with Crippen molar-refractivity contribution in [2.75, 3.05) is 20.7 Å². The Morgan fingerprint density at radius 3 is 2.36 bits per heavy atom. The molecule has 0 amide bonds. The molecule has 0 aromatic heterocycles. The maximum atomic E-state index is 11.7. The molecule has 1 saturated heterocycles. The van der Waals surface area contributed by atoms with Crippen molar-refractivity contribution in [3.8, 4) is 5.75 Å². The number of likely N-dealkylation sites (N-methyl/N-ethyl adjacent to an activating group) is 1. The van der Waals surface area contributed by atoms with Gasteiger partial charge in [0.1, 0.15) is 11.3 Å². The molecule has 2 rings (SSSR count). The van der Waals surface area contributed by atoms with Gasteiger partial charge in [-0.1, -0.05) is 18.2 Å². The number of carbonyl (C=O) groups is 1. The highest BCUT2D eigenvalue weighted by atomic mass is 16.7. The fourth-order valence-corrected chi connectivity index (χ4v) is 2.67. The first-order valence-corrected chi connectivity index (χ1v) is 8.24. The molecule has 1 aromatic rings. The second-order valence-electron chi connectivity index (χ2n) is 7.07. The Balaban J connectivity index is 2.47. The van der Waals surface area contributed by atoms with Gasteiger partial charge in [-0.15, -0.1) is 0 Å². The van der Waals surface area contributed by atoms with Crippen molar-refractivity contribution in [2.45, 2.75) is 38.9 Å². The molecule has 1 fully saturated rings. The summed E-state index contributed by atoms with van der Waals surface area (Å²) < 4.78 is 17.4. The quantitative estimate of drug-likeness (QED) is 0.771. The maximum Gasteiger partial charge on any atom is 0.491 e. The minimum absolute atomic E-state index is 0.120. The molecule has 2 N–H and O–H groups in total. The molecule has 7 heteroatoms. The summed E-state index contributed by atoms with van der Waals surface area (Å²) in [6.45, 7) is 8.44. The summed E-state index contributed by atoms with van der Waals surface area (Å²) in [6, 6.07) is 5.14. The van der Waals surface area contributed by atoms with Crippen LogP contribution in [-0.4, -0.2) is 50.1 Å². The molecule has 0 spiro atoms. The third kappa shape index (κ3) is 3.89. The molecule has 1 aliphatic rings.